The monoisotopic (exact) mass is 303 g/mol. The van der Waals surface area contributed by atoms with E-state index in [1.165, 1.54) is 4.88 Å². The number of fused-ring (bicyclic) bond motifs is 1. The Bertz CT molecular complexity index is 692. The van der Waals surface area contributed by atoms with E-state index in [2.05, 4.69) is 39.2 Å². The fourth-order valence-corrected chi connectivity index (χ4v) is 3.36. The molecule has 1 fully saturated rings. The summed E-state index contributed by atoms with van der Waals surface area (Å²) in [7, 11) is 1.82. The fourth-order valence-electron chi connectivity index (χ4n) is 2.40. The highest BCUT2D eigenvalue weighted by Gasteiger charge is 2.24. The summed E-state index contributed by atoms with van der Waals surface area (Å²) in [6.07, 6.45) is 0.588. The Hall–Kier alpha value is -1.91. The lowest BCUT2D eigenvalue weighted by atomic mass is 10.2. The van der Waals surface area contributed by atoms with E-state index in [9.17, 15) is 0 Å². The van der Waals surface area contributed by atoms with Crippen molar-refractivity contribution in [3.63, 3.8) is 0 Å². The maximum atomic E-state index is 9.07. The molecule has 1 aliphatic heterocycles. The molecule has 0 aromatic carbocycles. The number of aromatic nitrogens is 2. The van der Waals surface area contributed by atoms with Crippen LogP contribution in [0.15, 0.2) is 6.07 Å². The Morgan fingerprint density at radius 2 is 2.43 bits per heavy atom. The molecule has 3 rings (SSSR count). The minimum Gasteiger partial charge on any atom is -0.360 e. The molecule has 2 aromatic rings. The number of thiophene rings is 1. The SMILES string of the molecule is CCc1cc2c(N3CCOC(C#N)C3)nc(NC)nc2s1. The number of morpholine rings is 1. The van der Waals surface area contributed by atoms with Crippen molar-refractivity contribution in [1.82, 2.24) is 9.97 Å². The van der Waals surface area contributed by atoms with Crippen LogP contribution in [0.1, 0.15) is 11.8 Å². The van der Waals surface area contributed by atoms with E-state index in [-0.39, 0.29) is 0 Å². The zero-order valence-electron chi connectivity index (χ0n) is 12.1. The van der Waals surface area contributed by atoms with Crippen molar-refractivity contribution < 1.29 is 4.74 Å². The molecule has 6 nitrogen and oxygen atoms in total. The van der Waals surface area contributed by atoms with Crippen LogP contribution >= 0.6 is 11.3 Å². The average molecular weight is 303 g/mol. The van der Waals surface area contributed by atoms with Crippen molar-refractivity contribution in [3.05, 3.63) is 10.9 Å². The Morgan fingerprint density at radius 3 is 3.14 bits per heavy atom. The van der Waals surface area contributed by atoms with Crippen molar-refractivity contribution in [3.8, 4) is 6.07 Å². The number of rotatable bonds is 3. The summed E-state index contributed by atoms with van der Waals surface area (Å²) in [5.74, 6) is 1.51. The van der Waals surface area contributed by atoms with Crippen LogP contribution in [0, 0.1) is 11.3 Å². The zero-order chi connectivity index (χ0) is 14.8. The van der Waals surface area contributed by atoms with Crippen LogP contribution in [0.3, 0.4) is 0 Å². The molecule has 0 aliphatic carbocycles. The topological polar surface area (TPSA) is 74.1 Å². The first-order chi connectivity index (χ1) is 10.2. The van der Waals surface area contributed by atoms with Crippen molar-refractivity contribution in [1.29, 1.82) is 5.26 Å². The molecule has 110 valence electrons. The predicted octanol–water partition coefficient (Wildman–Crippen LogP) is 2.02. The summed E-state index contributed by atoms with van der Waals surface area (Å²) in [4.78, 5) is 13.5. The van der Waals surface area contributed by atoms with Crippen LogP contribution in [-0.4, -0.2) is 42.8 Å². The van der Waals surface area contributed by atoms with Crippen LogP contribution in [0.25, 0.3) is 10.2 Å². The quantitative estimate of drug-likeness (QED) is 0.935. The molecule has 1 unspecified atom stereocenters. The van der Waals surface area contributed by atoms with E-state index in [4.69, 9.17) is 10.00 Å². The third-order valence-corrected chi connectivity index (χ3v) is 4.68. The maximum Gasteiger partial charge on any atom is 0.225 e. The highest BCUT2D eigenvalue weighted by atomic mass is 32.1. The second-order valence-corrected chi connectivity index (χ2v) is 5.96. The fraction of sp³-hybridized carbons (Fsp3) is 0.500. The second kappa shape index (κ2) is 5.84. The van der Waals surface area contributed by atoms with E-state index >= 15 is 0 Å². The van der Waals surface area contributed by atoms with Gasteiger partial charge in [0.15, 0.2) is 6.10 Å². The minimum atomic E-state index is -0.397. The molecule has 0 radical (unpaired) electrons. The lowest BCUT2D eigenvalue weighted by molar-refractivity contribution is 0.0763. The molecular weight excluding hydrogens is 286 g/mol. The number of ether oxygens (including phenoxy) is 1. The summed E-state index contributed by atoms with van der Waals surface area (Å²) in [6, 6.07) is 4.33. The van der Waals surface area contributed by atoms with E-state index in [1.807, 2.05) is 7.05 Å². The minimum absolute atomic E-state index is 0.397. The third kappa shape index (κ3) is 2.64. The van der Waals surface area contributed by atoms with Crippen LogP contribution in [0.4, 0.5) is 11.8 Å². The van der Waals surface area contributed by atoms with Crippen molar-refractivity contribution in [2.45, 2.75) is 19.4 Å². The Balaban J connectivity index is 2.07. The van der Waals surface area contributed by atoms with Gasteiger partial charge >= 0.3 is 0 Å². The molecule has 0 spiro atoms. The molecule has 0 amide bonds. The van der Waals surface area contributed by atoms with Gasteiger partial charge in [-0.2, -0.15) is 10.2 Å². The molecule has 2 aromatic heterocycles. The van der Waals surface area contributed by atoms with Crippen molar-refractivity contribution in [2.75, 3.05) is 37.0 Å². The summed E-state index contributed by atoms with van der Waals surface area (Å²) in [6.45, 7) is 3.97. The highest BCUT2D eigenvalue weighted by Crippen LogP contribution is 2.33. The lowest BCUT2D eigenvalue weighted by Gasteiger charge is -2.31. The van der Waals surface area contributed by atoms with E-state index in [0.29, 0.717) is 19.1 Å². The molecule has 3 heterocycles. The van der Waals surface area contributed by atoms with E-state index in [0.717, 1.165) is 29.0 Å². The molecular formula is C14H17N5OS. The molecule has 1 N–H and O–H groups in total. The van der Waals surface area contributed by atoms with Gasteiger partial charge in [0, 0.05) is 18.5 Å². The van der Waals surface area contributed by atoms with Gasteiger partial charge in [0.1, 0.15) is 10.6 Å². The summed E-state index contributed by atoms with van der Waals surface area (Å²) >= 11 is 1.70. The van der Waals surface area contributed by atoms with Crippen LogP contribution < -0.4 is 10.2 Å². The largest absolute Gasteiger partial charge is 0.360 e. The van der Waals surface area contributed by atoms with Gasteiger partial charge in [-0.1, -0.05) is 6.92 Å². The zero-order valence-corrected chi connectivity index (χ0v) is 12.9. The van der Waals surface area contributed by atoms with Crippen LogP contribution in [0.2, 0.25) is 0 Å². The first kappa shape index (κ1) is 14.0. The van der Waals surface area contributed by atoms with Gasteiger partial charge in [-0.25, -0.2) is 4.98 Å². The van der Waals surface area contributed by atoms with Gasteiger partial charge in [-0.15, -0.1) is 11.3 Å². The second-order valence-electron chi connectivity index (χ2n) is 4.84. The number of nitrogens with one attached hydrogen (secondary N) is 1. The molecule has 1 atom stereocenters. The maximum absolute atomic E-state index is 9.07. The third-order valence-electron chi connectivity index (χ3n) is 3.51. The van der Waals surface area contributed by atoms with Crippen LogP contribution in [-0.2, 0) is 11.2 Å². The predicted molar refractivity (Wildman–Crippen MR) is 83.9 cm³/mol. The number of hydrogen-bond donors (Lipinski definition) is 1. The van der Waals surface area contributed by atoms with Gasteiger partial charge in [-0.05, 0) is 12.5 Å². The number of nitriles is 1. The number of anilines is 2. The van der Waals surface area contributed by atoms with E-state index < -0.39 is 6.10 Å². The average Bonchev–Trinajstić information content (AvgIpc) is 2.96. The lowest BCUT2D eigenvalue weighted by Crippen LogP contribution is -2.42. The molecule has 1 saturated heterocycles. The van der Waals surface area contributed by atoms with E-state index in [1.54, 1.807) is 11.3 Å². The number of nitrogens with zero attached hydrogens (tertiary/aromatic N) is 4. The van der Waals surface area contributed by atoms with Crippen LogP contribution in [0.5, 0.6) is 0 Å². The Kier molecular flexibility index (Phi) is 3.90. The van der Waals surface area contributed by atoms with Gasteiger partial charge in [0.25, 0.3) is 0 Å². The molecule has 1 aliphatic rings. The summed E-state index contributed by atoms with van der Waals surface area (Å²) in [5.41, 5.74) is 0. The summed E-state index contributed by atoms with van der Waals surface area (Å²) in [5, 5.41) is 13.1. The van der Waals surface area contributed by atoms with Gasteiger partial charge in [-0.3, -0.25) is 0 Å². The smallest absolute Gasteiger partial charge is 0.225 e. The highest BCUT2D eigenvalue weighted by molar-refractivity contribution is 7.18. The number of aryl methyl sites for hydroxylation is 1. The van der Waals surface area contributed by atoms with Gasteiger partial charge in [0.2, 0.25) is 5.95 Å². The van der Waals surface area contributed by atoms with Crippen molar-refractivity contribution in [2.24, 2.45) is 0 Å². The molecule has 0 saturated carbocycles. The molecule has 0 bridgehead atoms. The Labute approximate surface area is 127 Å². The molecule has 7 heteroatoms. The van der Waals surface area contributed by atoms with Crippen molar-refractivity contribution >= 4 is 33.3 Å². The standard InChI is InChI=1S/C14H17N5OS/c1-3-10-6-11-12(17-14(16-2)18-13(11)21-10)19-4-5-20-9(7-15)8-19/h6,9H,3-5,8H2,1-2H3,(H,16,17,18). The molecule has 21 heavy (non-hydrogen) atoms. The Morgan fingerprint density at radius 1 is 1.57 bits per heavy atom. The number of hydrogen-bond acceptors (Lipinski definition) is 7. The first-order valence-corrected chi connectivity index (χ1v) is 7.81. The first-order valence-electron chi connectivity index (χ1n) is 6.99. The van der Waals surface area contributed by atoms with Gasteiger partial charge < -0.3 is 15.0 Å². The van der Waals surface area contributed by atoms with Gasteiger partial charge in [0.05, 0.1) is 24.6 Å². The summed E-state index contributed by atoms with van der Waals surface area (Å²) < 4.78 is 5.41. The normalized spacial score (nSPS) is 18.7.